The summed E-state index contributed by atoms with van der Waals surface area (Å²) in [6.45, 7) is 0.427. The fraction of sp³-hybridized carbons (Fsp3) is 0.545. The summed E-state index contributed by atoms with van der Waals surface area (Å²) in [6.07, 6.45) is -3.09. The summed E-state index contributed by atoms with van der Waals surface area (Å²) in [5.41, 5.74) is 4.76. The van der Waals surface area contributed by atoms with Gasteiger partial charge in [-0.05, 0) is 6.92 Å². The first kappa shape index (κ1) is 28.1. The number of hydrogen-bond acceptors (Lipinski definition) is 13. The van der Waals surface area contributed by atoms with Crippen molar-refractivity contribution in [2.75, 3.05) is 12.3 Å². The molecule has 34 heavy (non-hydrogen) atoms. The van der Waals surface area contributed by atoms with Gasteiger partial charge in [0, 0.05) is 0 Å². The van der Waals surface area contributed by atoms with Crippen molar-refractivity contribution in [2.45, 2.75) is 30.2 Å². The molecule has 1 fully saturated rings. The normalized spacial score (nSPS) is 30.6. The Kier molecular flexibility index (Phi) is 8.05. The maximum absolute atomic E-state index is 12.0. The number of imidazole rings is 1. The van der Waals surface area contributed by atoms with Crippen molar-refractivity contribution in [3.63, 3.8) is 0 Å². The Morgan fingerprint density at radius 1 is 1.29 bits per heavy atom. The second-order valence-electron chi connectivity index (χ2n) is 6.83. The highest BCUT2D eigenvalue weighted by molar-refractivity contribution is 14.1. The van der Waals surface area contributed by atoms with Crippen LogP contribution in [0.4, 0.5) is 5.95 Å². The largest absolute Gasteiger partial charge is 0.490 e. The molecule has 3 unspecified atom stereocenters. The van der Waals surface area contributed by atoms with Crippen LogP contribution in [0.25, 0.3) is 11.2 Å². The summed E-state index contributed by atoms with van der Waals surface area (Å²) in [6, 6.07) is 0. The number of aromatic amines is 1. The van der Waals surface area contributed by atoms with Crippen molar-refractivity contribution in [3.05, 3.63) is 16.7 Å². The van der Waals surface area contributed by atoms with E-state index in [1.807, 2.05) is 0 Å². The topological polar surface area (TPSA) is 268 Å². The van der Waals surface area contributed by atoms with Crippen LogP contribution in [0.15, 0.2) is 11.1 Å². The molecule has 18 nitrogen and oxygen atoms in total. The van der Waals surface area contributed by atoms with Crippen molar-refractivity contribution in [1.82, 2.24) is 19.5 Å². The number of nitrogens with zero attached hydrogens (tertiary/aromatic N) is 3. The number of fused-ring (bicyclic) bond motifs is 1. The number of rotatable bonds is 9. The van der Waals surface area contributed by atoms with Gasteiger partial charge >= 0.3 is 23.5 Å². The molecular formula is C11H16ClIN5O13P3. The predicted molar refractivity (Wildman–Crippen MR) is 119 cm³/mol. The minimum Gasteiger partial charge on any atom is -0.388 e. The van der Waals surface area contributed by atoms with Crippen molar-refractivity contribution < 1.29 is 54.2 Å². The van der Waals surface area contributed by atoms with E-state index in [2.05, 4.69) is 31.0 Å². The standard InChI is InChI=1S/C11H16ClIN5O13P3/c1-11(12)6(19)4(2-27-32(21,22)30-34(25,26)31-33(23,24)29-13)28-9(11)18-3-15-5-7(18)16-10(14)17-8(5)20/h3-4,6,9,19H,2H2,1H3,(H,21,22)(H,23,24)(H,25,26)(H3,14,16,17,20)/t4-,6-,9-,11-/m1/s1. The van der Waals surface area contributed by atoms with Gasteiger partial charge in [-0.3, -0.25) is 18.9 Å². The molecule has 0 bridgehead atoms. The zero-order chi connectivity index (χ0) is 25.7. The number of aromatic nitrogens is 4. The van der Waals surface area contributed by atoms with Crippen molar-refractivity contribution in [3.8, 4) is 0 Å². The molecule has 1 aliphatic rings. The fourth-order valence-electron chi connectivity index (χ4n) is 2.94. The maximum Gasteiger partial charge on any atom is 0.490 e. The second-order valence-corrected chi connectivity index (χ2v) is 13.3. The van der Waals surface area contributed by atoms with Crippen LogP contribution in [0.2, 0.25) is 0 Å². The lowest BCUT2D eigenvalue weighted by Crippen LogP contribution is -2.39. The third-order valence-corrected chi connectivity index (χ3v) is 10.2. The number of hydrogen-bond donors (Lipinski definition) is 6. The summed E-state index contributed by atoms with van der Waals surface area (Å²) in [4.78, 5) is 48.6. The van der Waals surface area contributed by atoms with Crippen LogP contribution in [-0.4, -0.2) is 63.0 Å². The number of aliphatic hydroxyl groups is 1. The lowest BCUT2D eigenvalue weighted by molar-refractivity contribution is -0.0432. The summed E-state index contributed by atoms with van der Waals surface area (Å²) in [5, 5.41) is 10.6. The van der Waals surface area contributed by atoms with Gasteiger partial charge in [0.05, 0.1) is 12.9 Å². The van der Waals surface area contributed by atoms with Crippen LogP contribution in [0, 0.1) is 0 Å². The van der Waals surface area contributed by atoms with Gasteiger partial charge in [-0.1, -0.05) is 0 Å². The van der Waals surface area contributed by atoms with E-state index in [0.717, 1.165) is 29.3 Å². The summed E-state index contributed by atoms with van der Waals surface area (Å²) >= 11 is 7.32. The Bertz CT molecular complexity index is 1290. The lowest BCUT2D eigenvalue weighted by atomic mass is 10.0. The number of nitrogen functional groups attached to an aromatic ring is 1. The first-order valence-electron chi connectivity index (χ1n) is 8.59. The van der Waals surface area contributed by atoms with Crippen LogP contribution in [0.3, 0.4) is 0 Å². The molecule has 3 heterocycles. The molecular weight excluding hydrogens is 665 g/mol. The highest BCUT2D eigenvalue weighted by Crippen LogP contribution is 2.68. The van der Waals surface area contributed by atoms with Crippen molar-refractivity contribution in [2.24, 2.45) is 0 Å². The first-order valence-corrected chi connectivity index (χ1v) is 14.3. The molecule has 0 aliphatic carbocycles. The molecule has 0 saturated carbocycles. The zero-order valence-corrected chi connectivity index (χ0v) is 22.1. The van der Waals surface area contributed by atoms with Crippen LogP contribution < -0.4 is 11.3 Å². The summed E-state index contributed by atoms with van der Waals surface area (Å²) in [5.74, 6) is -0.233. The molecule has 1 aliphatic heterocycles. The van der Waals surface area contributed by atoms with E-state index in [-0.39, 0.29) is 17.1 Å². The van der Waals surface area contributed by atoms with E-state index >= 15 is 0 Å². The summed E-state index contributed by atoms with van der Waals surface area (Å²) in [7, 11) is -16.1. The Hall–Kier alpha value is -0.500. The molecule has 0 aromatic carbocycles. The number of nitrogens with two attached hydrogens (primary N) is 1. The third-order valence-electron chi connectivity index (χ3n) is 4.32. The SMILES string of the molecule is C[C@@]1(Cl)[C@H](O)[C@@H](COP(=O)(O)OP(=O)(O)OP(=O)(O)OI)O[C@H]1n1cnc2c(=O)[nH]c(N)nc21. The predicted octanol–water partition coefficient (Wildman–Crippen LogP) is 0.675. The number of phosphoric acid groups is 3. The minimum atomic E-state index is -5.62. The zero-order valence-electron chi connectivity index (χ0n) is 16.5. The molecule has 23 heteroatoms. The van der Waals surface area contributed by atoms with E-state index in [4.69, 9.17) is 27.0 Å². The lowest BCUT2D eigenvalue weighted by Gasteiger charge is -2.26. The van der Waals surface area contributed by atoms with E-state index in [1.165, 1.54) is 11.5 Å². The van der Waals surface area contributed by atoms with E-state index in [9.17, 15) is 33.4 Å². The quantitative estimate of drug-likeness (QED) is 0.121. The van der Waals surface area contributed by atoms with E-state index < -0.39 is 58.9 Å². The smallest absolute Gasteiger partial charge is 0.388 e. The van der Waals surface area contributed by atoms with Crippen LogP contribution in [0.1, 0.15) is 13.2 Å². The molecule has 0 radical (unpaired) electrons. The molecule has 7 N–H and O–H groups in total. The molecule has 192 valence electrons. The Morgan fingerprint density at radius 2 is 1.91 bits per heavy atom. The molecule has 7 atom stereocenters. The van der Waals surface area contributed by atoms with Gasteiger partial charge in [-0.2, -0.15) is 13.6 Å². The van der Waals surface area contributed by atoms with Gasteiger partial charge in [0.1, 0.15) is 40.1 Å². The minimum absolute atomic E-state index is 0.0349. The average molecular weight is 682 g/mol. The van der Waals surface area contributed by atoms with Crippen LogP contribution in [0.5, 0.6) is 0 Å². The highest BCUT2D eigenvalue weighted by atomic mass is 127. The monoisotopic (exact) mass is 681 g/mol. The molecule has 2 aromatic heterocycles. The molecule has 0 amide bonds. The van der Waals surface area contributed by atoms with E-state index in [1.54, 1.807) is 0 Å². The molecule has 0 spiro atoms. The highest BCUT2D eigenvalue weighted by Gasteiger charge is 2.54. The number of phosphoric ester groups is 1. The maximum atomic E-state index is 12.0. The van der Waals surface area contributed by atoms with Gasteiger partial charge < -0.3 is 30.3 Å². The van der Waals surface area contributed by atoms with Gasteiger partial charge in [-0.25, -0.2) is 21.5 Å². The number of halogens is 2. The number of anilines is 1. The van der Waals surface area contributed by atoms with Gasteiger partial charge in [-0.15, -0.1) is 11.6 Å². The summed E-state index contributed by atoms with van der Waals surface area (Å²) < 4.78 is 57.8. The van der Waals surface area contributed by atoms with Crippen molar-refractivity contribution >= 4 is 75.2 Å². The Balaban J connectivity index is 1.76. The third kappa shape index (κ3) is 6.07. The van der Waals surface area contributed by atoms with E-state index in [0.29, 0.717) is 0 Å². The second kappa shape index (κ2) is 9.75. The van der Waals surface area contributed by atoms with Crippen LogP contribution >= 0.6 is 58.1 Å². The van der Waals surface area contributed by atoms with Crippen molar-refractivity contribution in [1.29, 1.82) is 0 Å². The Morgan fingerprint density at radius 3 is 2.53 bits per heavy atom. The molecule has 3 rings (SSSR count). The number of nitrogens with one attached hydrogen (secondary N) is 1. The van der Waals surface area contributed by atoms with Gasteiger partial charge in [0.15, 0.2) is 17.4 Å². The number of alkyl halides is 1. The van der Waals surface area contributed by atoms with Crippen LogP contribution in [-0.2, 0) is 34.4 Å². The van der Waals surface area contributed by atoms with Gasteiger partial charge in [0.25, 0.3) is 5.56 Å². The average Bonchev–Trinajstić information content (AvgIpc) is 3.18. The molecule has 2 aromatic rings. The Labute approximate surface area is 207 Å². The number of ether oxygens (including phenoxy) is 1. The number of aliphatic hydroxyl groups excluding tert-OH is 1. The number of H-pyrrole nitrogens is 1. The van der Waals surface area contributed by atoms with Gasteiger partial charge in [0.2, 0.25) is 5.95 Å². The fourth-order valence-corrected chi connectivity index (χ4v) is 6.99. The molecule has 1 saturated heterocycles. The first-order chi connectivity index (χ1) is 15.5.